The first-order valence-electron chi connectivity index (χ1n) is 6.92. The van der Waals surface area contributed by atoms with Gasteiger partial charge >= 0.3 is 0 Å². The van der Waals surface area contributed by atoms with Crippen molar-refractivity contribution in [3.05, 3.63) is 23.5 Å². The van der Waals surface area contributed by atoms with Gasteiger partial charge in [-0.2, -0.15) is 5.26 Å². The van der Waals surface area contributed by atoms with E-state index in [0.717, 1.165) is 19.5 Å². The maximum atomic E-state index is 12.3. The topological polar surface area (TPSA) is 83.4 Å². The summed E-state index contributed by atoms with van der Waals surface area (Å²) in [6.45, 7) is 5.33. The number of aromatic amines is 1. The van der Waals surface area contributed by atoms with Gasteiger partial charge in [-0.1, -0.05) is 6.92 Å². The summed E-state index contributed by atoms with van der Waals surface area (Å²) in [6.07, 6.45) is 2.02. The number of aromatic nitrogens is 1. The van der Waals surface area contributed by atoms with Crippen LogP contribution in [-0.4, -0.2) is 64.6 Å². The summed E-state index contributed by atoms with van der Waals surface area (Å²) in [5.74, 6) is -0.163. The molecule has 108 valence electrons. The molecule has 1 aliphatic heterocycles. The minimum Gasteiger partial charge on any atom is -0.390 e. The van der Waals surface area contributed by atoms with Crippen molar-refractivity contribution >= 4 is 5.91 Å². The Labute approximate surface area is 118 Å². The number of aliphatic hydroxyl groups is 1. The summed E-state index contributed by atoms with van der Waals surface area (Å²) < 4.78 is 0. The Morgan fingerprint density at radius 3 is 3.00 bits per heavy atom. The number of rotatable bonds is 3. The van der Waals surface area contributed by atoms with Gasteiger partial charge in [0.05, 0.1) is 11.7 Å². The van der Waals surface area contributed by atoms with Gasteiger partial charge in [-0.25, -0.2) is 0 Å². The number of nitrogens with one attached hydrogen (secondary N) is 1. The molecule has 2 rings (SSSR count). The van der Waals surface area contributed by atoms with E-state index in [1.165, 1.54) is 6.20 Å². The van der Waals surface area contributed by atoms with E-state index in [1.807, 2.05) is 6.07 Å². The quantitative estimate of drug-likeness (QED) is 0.838. The fourth-order valence-electron chi connectivity index (χ4n) is 2.51. The number of H-pyrrole nitrogens is 1. The van der Waals surface area contributed by atoms with Gasteiger partial charge in [-0.3, -0.25) is 9.69 Å². The van der Waals surface area contributed by atoms with E-state index < -0.39 is 6.10 Å². The molecule has 1 aliphatic rings. The largest absolute Gasteiger partial charge is 0.390 e. The molecule has 1 saturated heterocycles. The third kappa shape index (κ3) is 3.38. The van der Waals surface area contributed by atoms with E-state index in [9.17, 15) is 9.90 Å². The van der Waals surface area contributed by atoms with Gasteiger partial charge in [0.1, 0.15) is 11.8 Å². The average molecular weight is 276 g/mol. The van der Waals surface area contributed by atoms with Crippen molar-refractivity contribution in [1.29, 1.82) is 5.26 Å². The standard InChI is InChI=1S/C14H20N4O2/c1-2-3-17-4-5-18(10-12(19)9-17)14(20)13-6-11(7-15)8-16-13/h6,8,12,16,19H,2-5,9-10H2,1H3/t12-/m1/s1. The molecule has 1 fully saturated rings. The van der Waals surface area contributed by atoms with Gasteiger partial charge < -0.3 is 15.0 Å². The molecule has 1 aromatic rings. The number of hydrogen-bond donors (Lipinski definition) is 2. The van der Waals surface area contributed by atoms with Gasteiger partial charge in [0.25, 0.3) is 5.91 Å². The van der Waals surface area contributed by atoms with Gasteiger partial charge in [0.15, 0.2) is 0 Å². The lowest BCUT2D eigenvalue weighted by molar-refractivity contribution is 0.0659. The summed E-state index contributed by atoms with van der Waals surface area (Å²) in [5.41, 5.74) is 0.842. The molecule has 6 nitrogen and oxygen atoms in total. The van der Waals surface area contributed by atoms with E-state index in [1.54, 1.807) is 11.0 Å². The fraction of sp³-hybridized carbons (Fsp3) is 0.571. The first kappa shape index (κ1) is 14.6. The molecule has 1 aromatic heterocycles. The Kier molecular flexibility index (Phi) is 4.77. The first-order valence-corrected chi connectivity index (χ1v) is 6.92. The Morgan fingerprint density at radius 2 is 2.35 bits per heavy atom. The monoisotopic (exact) mass is 276 g/mol. The minimum absolute atomic E-state index is 0.163. The maximum Gasteiger partial charge on any atom is 0.270 e. The normalized spacial score (nSPS) is 20.4. The van der Waals surface area contributed by atoms with Gasteiger partial charge in [-0.15, -0.1) is 0 Å². The van der Waals surface area contributed by atoms with Crippen molar-refractivity contribution in [2.75, 3.05) is 32.7 Å². The van der Waals surface area contributed by atoms with Crippen molar-refractivity contribution in [1.82, 2.24) is 14.8 Å². The molecule has 2 N–H and O–H groups in total. The number of nitriles is 1. The smallest absolute Gasteiger partial charge is 0.270 e. The van der Waals surface area contributed by atoms with Crippen LogP contribution in [0.1, 0.15) is 29.4 Å². The molecule has 2 heterocycles. The van der Waals surface area contributed by atoms with E-state index in [4.69, 9.17) is 5.26 Å². The highest BCUT2D eigenvalue weighted by atomic mass is 16.3. The van der Waals surface area contributed by atoms with E-state index in [-0.39, 0.29) is 5.91 Å². The first-order chi connectivity index (χ1) is 9.63. The molecular weight excluding hydrogens is 256 g/mol. The van der Waals surface area contributed by atoms with Crippen LogP contribution in [0.15, 0.2) is 12.3 Å². The highest BCUT2D eigenvalue weighted by Gasteiger charge is 2.25. The molecule has 0 aromatic carbocycles. The van der Waals surface area contributed by atoms with Crippen LogP contribution in [0.4, 0.5) is 0 Å². The Bertz CT molecular complexity index is 506. The van der Waals surface area contributed by atoms with Crippen LogP contribution in [0.5, 0.6) is 0 Å². The number of carbonyl (C=O) groups excluding carboxylic acids is 1. The van der Waals surface area contributed by atoms with Crippen LogP contribution < -0.4 is 0 Å². The van der Waals surface area contributed by atoms with E-state index >= 15 is 0 Å². The summed E-state index contributed by atoms with van der Waals surface area (Å²) in [6, 6.07) is 3.54. The Balaban J connectivity index is 2.04. The zero-order valence-electron chi connectivity index (χ0n) is 11.7. The number of aliphatic hydroxyl groups excluding tert-OH is 1. The zero-order chi connectivity index (χ0) is 14.5. The second kappa shape index (κ2) is 6.55. The predicted octanol–water partition coefficient (Wildman–Crippen LogP) is 0.415. The third-order valence-corrected chi connectivity index (χ3v) is 3.46. The number of hydrogen-bond acceptors (Lipinski definition) is 4. The zero-order valence-corrected chi connectivity index (χ0v) is 11.7. The number of β-amino-alcohol motifs (C(OH)–C–C–N with tert-alkyl or cyclic N) is 1. The summed E-state index contributed by atoms with van der Waals surface area (Å²) >= 11 is 0. The van der Waals surface area contributed by atoms with Gasteiger partial charge in [-0.05, 0) is 19.0 Å². The average Bonchev–Trinajstić information content (AvgIpc) is 2.83. The van der Waals surface area contributed by atoms with Crippen LogP contribution in [-0.2, 0) is 0 Å². The molecule has 0 saturated carbocycles. The van der Waals surface area contributed by atoms with Crippen molar-refractivity contribution in [3.63, 3.8) is 0 Å². The Hall–Kier alpha value is -1.84. The van der Waals surface area contributed by atoms with Gasteiger partial charge in [0.2, 0.25) is 0 Å². The molecule has 0 spiro atoms. The van der Waals surface area contributed by atoms with E-state index in [0.29, 0.717) is 30.9 Å². The van der Waals surface area contributed by atoms with Crippen molar-refractivity contribution in [2.45, 2.75) is 19.4 Å². The lowest BCUT2D eigenvalue weighted by atomic mass is 10.2. The SMILES string of the molecule is CCCN1CCN(C(=O)c2cc(C#N)c[nH]2)C[C@H](O)C1. The maximum absolute atomic E-state index is 12.3. The lowest BCUT2D eigenvalue weighted by Crippen LogP contribution is -2.37. The van der Waals surface area contributed by atoms with Crippen molar-refractivity contribution in [2.24, 2.45) is 0 Å². The molecule has 1 amide bonds. The highest BCUT2D eigenvalue weighted by Crippen LogP contribution is 2.10. The fourth-order valence-corrected chi connectivity index (χ4v) is 2.51. The second-order valence-electron chi connectivity index (χ2n) is 5.12. The number of nitrogens with zero attached hydrogens (tertiary/aromatic N) is 3. The molecule has 6 heteroatoms. The molecular formula is C14H20N4O2. The molecule has 0 unspecified atom stereocenters. The van der Waals surface area contributed by atoms with Crippen molar-refractivity contribution < 1.29 is 9.90 Å². The van der Waals surface area contributed by atoms with E-state index in [2.05, 4.69) is 16.8 Å². The molecule has 0 radical (unpaired) electrons. The lowest BCUT2D eigenvalue weighted by Gasteiger charge is -2.21. The van der Waals surface area contributed by atoms with Crippen LogP contribution in [0.2, 0.25) is 0 Å². The molecule has 0 aliphatic carbocycles. The predicted molar refractivity (Wildman–Crippen MR) is 74.1 cm³/mol. The Morgan fingerprint density at radius 1 is 1.55 bits per heavy atom. The number of amides is 1. The van der Waals surface area contributed by atoms with Crippen LogP contribution in [0, 0.1) is 11.3 Å². The second-order valence-corrected chi connectivity index (χ2v) is 5.12. The van der Waals surface area contributed by atoms with Crippen LogP contribution in [0.3, 0.4) is 0 Å². The third-order valence-electron chi connectivity index (χ3n) is 3.46. The van der Waals surface area contributed by atoms with Crippen LogP contribution >= 0.6 is 0 Å². The number of carbonyl (C=O) groups is 1. The van der Waals surface area contributed by atoms with Crippen LogP contribution in [0.25, 0.3) is 0 Å². The molecule has 0 bridgehead atoms. The van der Waals surface area contributed by atoms with Crippen molar-refractivity contribution in [3.8, 4) is 6.07 Å². The molecule has 1 atom stereocenters. The van der Waals surface area contributed by atoms with Gasteiger partial charge in [0, 0.05) is 32.4 Å². The highest BCUT2D eigenvalue weighted by molar-refractivity contribution is 5.93. The molecule has 20 heavy (non-hydrogen) atoms. The summed E-state index contributed by atoms with van der Waals surface area (Å²) in [5, 5.41) is 18.8. The summed E-state index contributed by atoms with van der Waals surface area (Å²) in [7, 11) is 0. The minimum atomic E-state index is -0.529. The summed E-state index contributed by atoms with van der Waals surface area (Å²) in [4.78, 5) is 19.0.